The second kappa shape index (κ2) is 5.02. The zero-order valence-corrected chi connectivity index (χ0v) is 15.2. The summed E-state index contributed by atoms with van der Waals surface area (Å²) in [4.78, 5) is 0. The first-order valence-corrected chi connectivity index (χ1v) is 8.13. The molecule has 0 amide bonds. The number of hydrogen-bond acceptors (Lipinski definition) is 2. The maximum atomic E-state index is 5.86. The molecule has 0 atom stereocenters. The molecule has 0 bridgehead atoms. The molecule has 1 aliphatic carbocycles. The molecule has 2 aromatic carbocycles. The van der Waals surface area contributed by atoms with Crippen LogP contribution in [-0.2, 0) is 10.8 Å². The lowest BCUT2D eigenvalue weighted by Crippen LogP contribution is -2.19. The van der Waals surface area contributed by atoms with Gasteiger partial charge in [-0.15, -0.1) is 0 Å². The predicted molar refractivity (Wildman–Crippen MR) is 95.8 cm³/mol. The summed E-state index contributed by atoms with van der Waals surface area (Å²) < 4.78 is 11.6. The highest BCUT2D eigenvalue weighted by atomic mass is 16.5. The number of ether oxygens (including phenoxy) is 2. The molecular formula is C21H26O2. The smallest absolute Gasteiger partial charge is 0.165 e. The van der Waals surface area contributed by atoms with Gasteiger partial charge in [-0.2, -0.15) is 0 Å². The molecule has 2 nitrogen and oxygen atoms in total. The lowest BCUT2D eigenvalue weighted by atomic mass is 9.79. The predicted octanol–water partition coefficient (Wildman–Crippen LogP) is 5.31. The third-order valence-corrected chi connectivity index (χ3v) is 4.97. The molecule has 0 aliphatic heterocycles. The van der Waals surface area contributed by atoms with Gasteiger partial charge in [0.25, 0.3) is 0 Å². The Balaban J connectivity index is 2.45. The van der Waals surface area contributed by atoms with E-state index in [1.165, 1.54) is 27.8 Å². The molecule has 0 N–H and O–H groups in total. The molecule has 122 valence electrons. The van der Waals surface area contributed by atoms with Gasteiger partial charge in [0, 0.05) is 16.5 Å². The third kappa shape index (κ3) is 2.15. The molecule has 0 aromatic heterocycles. The molecule has 2 heteroatoms. The van der Waals surface area contributed by atoms with Crippen molar-refractivity contribution in [1.82, 2.24) is 0 Å². The molecule has 0 unspecified atom stereocenters. The fourth-order valence-electron chi connectivity index (χ4n) is 3.83. The van der Waals surface area contributed by atoms with E-state index in [9.17, 15) is 0 Å². The van der Waals surface area contributed by atoms with Crippen LogP contribution in [0.1, 0.15) is 51.3 Å². The highest BCUT2D eigenvalue weighted by Crippen LogP contribution is 2.56. The molecule has 23 heavy (non-hydrogen) atoms. The number of rotatable bonds is 2. The summed E-state index contributed by atoms with van der Waals surface area (Å²) in [5.74, 6) is 1.73. The first kappa shape index (κ1) is 15.9. The number of hydrogen-bond donors (Lipinski definition) is 0. The van der Waals surface area contributed by atoms with Crippen LogP contribution < -0.4 is 9.47 Å². The largest absolute Gasteiger partial charge is 0.493 e. The number of methoxy groups -OCH3 is 2. The molecule has 3 rings (SSSR count). The topological polar surface area (TPSA) is 18.5 Å². The molecule has 0 saturated heterocycles. The highest BCUT2D eigenvalue weighted by Gasteiger charge is 2.41. The molecular weight excluding hydrogens is 284 g/mol. The van der Waals surface area contributed by atoms with Crippen molar-refractivity contribution in [3.05, 3.63) is 47.0 Å². The third-order valence-electron chi connectivity index (χ3n) is 4.97. The van der Waals surface area contributed by atoms with Gasteiger partial charge in [0.15, 0.2) is 11.5 Å². The Morgan fingerprint density at radius 2 is 1.48 bits per heavy atom. The Hall–Kier alpha value is -1.96. The molecule has 0 saturated carbocycles. The SMILES string of the molecule is COc1c(C(C)(C)C)cc2c(c1OC)C(C)(C)c1ccccc1-2. The maximum Gasteiger partial charge on any atom is 0.165 e. The van der Waals surface area contributed by atoms with E-state index in [1.807, 2.05) is 0 Å². The van der Waals surface area contributed by atoms with Gasteiger partial charge in [-0.3, -0.25) is 0 Å². The quantitative estimate of drug-likeness (QED) is 0.748. The van der Waals surface area contributed by atoms with E-state index in [2.05, 4.69) is 65.0 Å². The monoisotopic (exact) mass is 310 g/mol. The highest BCUT2D eigenvalue weighted by molar-refractivity contribution is 5.85. The van der Waals surface area contributed by atoms with Crippen LogP contribution >= 0.6 is 0 Å². The second-order valence-electron chi connectivity index (χ2n) is 7.83. The second-order valence-corrected chi connectivity index (χ2v) is 7.83. The van der Waals surface area contributed by atoms with Crippen molar-refractivity contribution in [2.24, 2.45) is 0 Å². The minimum absolute atomic E-state index is 0.0185. The van der Waals surface area contributed by atoms with Gasteiger partial charge in [-0.1, -0.05) is 58.9 Å². The summed E-state index contributed by atoms with van der Waals surface area (Å²) in [5, 5.41) is 0. The molecule has 0 spiro atoms. The van der Waals surface area contributed by atoms with Gasteiger partial charge in [0.1, 0.15) is 0 Å². The average Bonchev–Trinajstić information content (AvgIpc) is 2.73. The maximum absolute atomic E-state index is 5.86. The van der Waals surface area contributed by atoms with Crippen LogP contribution in [0.15, 0.2) is 30.3 Å². The van der Waals surface area contributed by atoms with E-state index in [-0.39, 0.29) is 10.8 Å². The summed E-state index contributed by atoms with van der Waals surface area (Å²) in [6.45, 7) is 11.2. The van der Waals surface area contributed by atoms with Crippen molar-refractivity contribution < 1.29 is 9.47 Å². The summed E-state index contributed by atoms with van der Waals surface area (Å²) in [6.07, 6.45) is 0. The van der Waals surface area contributed by atoms with E-state index in [4.69, 9.17) is 9.47 Å². The summed E-state index contributed by atoms with van der Waals surface area (Å²) in [7, 11) is 3.47. The molecule has 1 aliphatic rings. The molecule has 0 heterocycles. The Bertz CT molecular complexity index is 764. The number of fused-ring (bicyclic) bond motifs is 3. The van der Waals surface area contributed by atoms with E-state index < -0.39 is 0 Å². The molecule has 2 aromatic rings. The van der Waals surface area contributed by atoms with Crippen molar-refractivity contribution in [1.29, 1.82) is 0 Å². The van der Waals surface area contributed by atoms with Gasteiger partial charge >= 0.3 is 0 Å². The normalized spacial score (nSPS) is 15.1. The number of benzene rings is 2. The standard InChI is InChI=1S/C21H26O2/c1-20(2,3)16-12-14-13-10-8-9-11-15(13)21(4,5)17(14)19(23-7)18(16)22-6/h8-12H,1-7H3. The van der Waals surface area contributed by atoms with Crippen LogP contribution in [0.25, 0.3) is 11.1 Å². The summed E-state index contributed by atoms with van der Waals surface area (Å²) >= 11 is 0. The van der Waals surface area contributed by atoms with Crippen LogP contribution in [-0.4, -0.2) is 14.2 Å². The Labute approximate surface area is 139 Å². The van der Waals surface area contributed by atoms with Crippen LogP contribution in [0, 0.1) is 0 Å². The lowest BCUT2D eigenvalue weighted by molar-refractivity contribution is 0.339. The van der Waals surface area contributed by atoms with Crippen molar-refractivity contribution in [3.63, 3.8) is 0 Å². The fourth-order valence-corrected chi connectivity index (χ4v) is 3.83. The summed E-state index contributed by atoms with van der Waals surface area (Å²) in [6, 6.07) is 10.9. The van der Waals surface area contributed by atoms with Crippen molar-refractivity contribution in [2.45, 2.75) is 45.4 Å². The van der Waals surface area contributed by atoms with Crippen LogP contribution in [0.2, 0.25) is 0 Å². The van der Waals surface area contributed by atoms with Gasteiger partial charge in [0.2, 0.25) is 0 Å². The van der Waals surface area contributed by atoms with Gasteiger partial charge in [-0.25, -0.2) is 0 Å². The van der Waals surface area contributed by atoms with Crippen LogP contribution in [0.3, 0.4) is 0 Å². The molecule has 0 fully saturated rings. The van der Waals surface area contributed by atoms with Gasteiger partial charge in [-0.05, 0) is 28.2 Å². The van der Waals surface area contributed by atoms with E-state index >= 15 is 0 Å². The lowest BCUT2D eigenvalue weighted by Gasteiger charge is -2.29. The fraction of sp³-hybridized carbons (Fsp3) is 0.429. The zero-order chi connectivity index (χ0) is 17.0. The Morgan fingerprint density at radius 1 is 0.870 bits per heavy atom. The van der Waals surface area contributed by atoms with E-state index in [1.54, 1.807) is 14.2 Å². The van der Waals surface area contributed by atoms with Crippen LogP contribution in [0.5, 0.6) is 11.5 Å². The van der Waals surface area contributed by atoms with Crippen molar-refractivity contribution in [2.75, 3.05) is 14.2 Å². The van der Waals surface area contributed by atoms with Crippen LogP contribution in [0.4, 0.5) is 0 Å². The Morgan fingerprint density at radius 3 is 2.04 bits per heavy atom. The van der Waals surface area contributed by atoms with E-state index in [0.717, 1.165) is 11.5 Å². The van der Waals surface area contributed by atoms with Gasteiger partial charge in [0.05, 0.1) is 14.2 Å². The van der Waals surface area contributed by atoms with Crippen molar-refractivity contribution in [3.8, 4) is 22.6 Å². The summed E-state index contributed by atoms with van der Waals surface area (Å²) in [5.41, 5.74) is 6.22. The zero-order valence-electron chi connectivity index (χ0n) is 15.2. The van der Waals surface area contributed by atoms with Gasteiger partial charge < -0.3 is 9.47 Å². The Kier molecular flexibility index (Phi) is 3.47. The average molecular weight is 310 g/mol. The molecule has 0 radical (unpaired) electrons. The van der Waals surface area contributed by atoms with E-state index in [0.29, 0.717) is 0 Å². The minimum Gasteiger partial charge on any atom is -0.493 e. The minimum atomic E-state index is -0.0963. The first-order valence-electron chi connectivity index (χ1n) is 8.13. The van der Waals surface area contributed by atoms with Crippen molar-refractivity contribution >= 4 is 0 Å². The first-order chi connectivity index (χ1) is 10.7.